The van der Waals surface area contributed by atoms with Crippen LogP contribution in [0.2, 0.25) is 0 Å². The van der Waals surface area contributed by atoms with Crippen molar-refractivity contribution in [2.24, 2.45) is 11.8 Å². The molecule has 6 nitrogen and oxygen atoms in total. The van der Waals surface area contributed by atoms with E-state index in [1.807, 2.05) is 6.07 Å². The number of rotatable bonds is 5. The highest BCUT2D eigenvalue weighted by Crippen LogP contribution is 2.59. The molecule has 0 aromatic heterocycles. The minimum Gasteiger partial charge on any atom is -0.496 e. The third kappa shape index (κ3) is 3.56. The zero-order valence-electron chi connectivity index (χ0n) is 17.4. The van der Waals surface area contributed by atoms with Crippen molar-refractivity contribution in [2.75, 3.05) is 14.2 Å². The summed E-state index contributed by atoms with van der Waals surface area (Å²) in [4.78, 5) is 12.0. The van der Waals surface area contributed by atoms with Crippen molar-refractivity contribution >= 4 is 5.97 Å². The van der Waals surface area contributed by atoms with Crippen molar-refractivity contribution in [2.45, 2.75) is 76.1 Å². The first-order chi connectivity index (χ1) is 14.1. The second-order valence-corrected chi connectivity index (χ2v) is 8.57. The fourth-order valence-corrected chi connectivity index (χ4v) is 5.80. The van der Waals surface area contributed by atoms with Crippen LogP contribution in [0, 0.1) is 11.8 Å². The molecule has 1 N–H and O–H groups in total. The molecule has 3 aliphatic rings. The summed E-state index contributed by atoms with van der Waals surface area (Å²) >= 11 is 0. The van der Waals surface area contributed by atoms with Crippen LogP contribution in [0.3, 0.4) is 0 Å². The molecule has 2 aliphatic carbocycles. The standard InChI is InChI=1S/C23H32O6/c1-26-17-13-18(27-2)20-19(14-17)28-22(21(24)25)29-23(20,15-9-5-3-6-10-15)16-11-7-4-8-12-16/h13-16,22H,3-12H2,1-2H3,(H,24,25). The average Bonchev–Trinajstić information content (AvgIpc) is 2.78. The average molecular weight is 405 g/mol. The number of ether oxygens (including phenoxy) is 4. The number of carbonyl (C=O) groups is 1. The third-order valence-electron chi connectivity index (χ3n) is 7.05. The van der Waals surface area contributed by atoms with Gasteiger partial charge in [0.25, 0.3) is 6.29 Å². The van der Waals surface area contributed by atoms with Gasteiger partial charge in [0.15, 0.2) is 0 Å². The van der Waals surface area contributed by atoms with Crippen LogP contribution in [-0.2, 0) is 15.1 Å². The molecule has 1 aromatic rings. The van der Waals surface area contributed by atoms with E-state index >= 15 is 0 Å². The predicted octanol–water partition coefficient (Wildman–Crippen LogP) is 4.88. The molecule has 0 bridgehead atoms. The summed E-state index contributed by atoms with van der Waals surface area (Å²) in [6.45, 7) is 0. The van der Waals surface area contributed by atoms with Gasteiger partial charge in [-0.3, -0.25) is 0 Å². The summed E-state index contributed by atoms with van der Waals surface area (Å²) in [7, 11) is 3.23. The fourth-order valence-electron chi connectivity index (χ4n) is 5.80. The lowest BCUT2D eigenvalue weighted by atomic mass is 9.62. The van der Waals surface area contributed by atoms with Gasteiger partial charge < -0.3 is 24.1 Å². The zero-order chi connectivity index (χ0) is 20.4. The Morgan fingerprint density at radius 3 is 2.03 bits per heavy atom. The number of hydrogen-bond donors (Lipinski definition) is 1. The molecular formula is C23H32O6. The van der Waals surface area contributed by atoms with Crippen LogP contribution in [0.1, 0.15) is 69.8 Å². The Balaban J connectivity index is 1.93. The first kappa shape index (κ1) is 20.3. The minimum atomic E-state index is -1.32. The lowest BCUT2D eigenvalue weighted by molar-refractivity contribution is -0.252. The number of methoxy groups -OCH3 is 2. The molecule has 1 unspecified atom stereocenters. The van der Waals surface area contributed by atoms with E-state index in [1.54, 1.807) is 20.3 Å². The maximum atomic E-state index is 12.0. The topological polar surface area (TPSA) is 74.2 Å². The van der Waals surface area contributed by atoms with E-state index in [1.165, 1.54) is 12.8 Å². The van der Waals surface area contributed by atoms with Gasteiger partial charge in [0.2, 0.25) is 0 Å². The Morgan fingerprint density at radius 1 is 0.966 bits per heavy atom. The number of carboxylic acids is 1. The summed E-state index contributed by atoms with van der Waals surface area (Å²) in [5.74, 6) is 1.20. The molecule has 2 saturated carbocycles. The molecule has 0 amide bonds. The van der Waals surface area contributed by atoms with E-state index < -0.39 is 17.9 Å². The molecule has 1 aliphatic heterocycles. The first-order valence-electron chi connectivity index (χ1n) is 10.9. The lowest BCUT2D eigenvalue weighted by Gasteiger charge is -2.52. The maximum Gasteiger partial charge on any atom is 0.373 e. The number of aliphatic carboxylic acids is 1. The quantitative estimate of drug-likeness (QED) is 0.754. The van der Waals surface area contributed by atoms with Gasteiger partial charge in [-0.2, -0.15) is 0 Å². The smallest absolute Gasteiger partial charge is 0.373 e. The molecule has 1 aromatic carbocycles. The molecular weight excluding hydrogens is 372 g/mol. The Labute approximate surface area is 172 Å². The lowest BCUT2D eigenvalue weighted by Crippen LogP contribution is -2.54. The summed E-state index contributed by atoms with van der Waals surface area (Å²) < 4.78 is 23.6. The molecule has 0 saturated heterocycles. The third-order valence-corrected chi connectivity index (χ3v) is 7.05. The summed E-state index contributed by atoms with van der Waals surface area (Å²) in [6.07, 6.45) is 9.88. The predicted molar refractivity (Wildman–Crippen MR) is 108 cm³/mol. The van der Waals surface area contributed by atoms with Gasteiger partial charge in [0.1, 0.15) is 22.8 Å². The summed E-state index contributed by atoms with van der Waals surface area (Å²) in [5.41, 5.74) is 0.187. The Morgan fingerprint density at radius 2 is 1.55 bits per heavy atom. The number of hydrogen-bond acceptors (Lipinski definition) is 5. The van der Waals surface area contributed by atoms with Gasteiger partial charge in [-0.05, 0) is 37.5 Å². The van der Waals surface area contributed by atoms with Crippen molar-refractivity contribution in [1.82, 2.24) is 0 Å². The minimum absolute atomic E-state index is 0.256. The highest BCUT2D eigenvalue weighted by molar-refractivity contribution is 5.72. The van der Waals surface area contributed by atoms with Gasteiger partial charge in [-0.25, -0.2) is 4.79 Å². The molecule has 1 atom stereocenters. The molecule has 6 heteroatoms. The highest BCUT2D eigenvalue weighted by Gasteiger charge is 2.56. The van der Waals surface area contributed by atoms with Crippen LogP contribution < -0.4 is 14.2 Å². The van der Waals surface area contributed by atoms with Crippen molar-refractivity contribution in [3.05, 3.63) is 17.7 Å². The van der Waals surface area contributed by atoms with Gasteiger partial charge in [-0.1, -0.05) is 38.5 Å². The van der Waals surface area contributed by atoms with E-state index in [-0.39, 0.29) is 11.8 Å². The molecule has 4 rings (SSSR count). The van der Waals surface area contributed by atoms with E-state index in [2.05, 4.69) is 0 Å². The highest BCUT2D eigenvalue weighted by atomic mass is 16.7. The van der Waals surface area contributed by atoms with E-state index in [9.17, 15) is 9.90 Å². The second kappa shape index (κ2) is 8.42. The number of benzene rings is 1. The van der Waals surface area contributed by atoms with Crippen LogP contribution in [0.5, 0.6) is 17.2 Å². The van der Waals surface area contributed by atoms with Gasteiger partial charge >= 0.3 is 5.97 Å². The summed E-state index contributed by atoms with van der Waals surface area (Å²) in [5, 5.41) is 9.83. The van der Waals surface area contributed by atoms with Crippen LogP contribution in [0.25, 0.3) is 0 Å². The Kier molecular flexibility index (Phi) is 5.91. The van der Waals surface area contributed by atoms with E-state index in [0.717, 1.165) is 56.9 Å². The molecule has 1 heterocycles. The monoisotopic (exact) mass is 404 g/mol. The van der Waals surface area contributed by atoms with Crippen LogP contribution in [0.15, 0.2) is 12.1 Å². The Hall–Kier alpha value is -1.95. The van der Waals surface area contributed by atoms with Crippen molar-refractivity contribution in [3.63, 3.8) is 0 Å². The normalized spacial score (nSPS) is 25.0. The van der Waals surface area contributed by atoms with Gasteiger partial charge in [0, 0.05) is 12.1 Å². The first-order valence-corrected chi connectivity index (χ1v) is 10.9. The molecule has 160 valence electrons. The molecule has 0 spiro atoms. The molecule has 29 heavy (non-hydrogen) atoms. The zero-order valence-corrected chi connectivity index (χ0v) is 17.4. The molecule has 0 radical (unpaired) electrons. The van der Waals surface area contributed by atoms with Crippen molar-refractivity contribution < 1.29 is 28.8 Å². The van der Waals surface area contributed by atoms with E-state index in [0.29, 0.717) is 17.2 Å². The number of fused-ring (bicyclic) bond motifs is 1. The van der Waals surface area contributed by atoms with Gasteiger partial charge in [0.05, 0.1) is 19.8 Å². The Bertz CT molecular complexity index is 715. The second-order valence-electron chi connectivity index (χ2n) is 8.57. The maximum absolute atomic E-state index is 12.0. The van der Waals surface area contributed by atoms with Crippen LogP contribution >= 0.6 is 0 Å². The van der Waals surface area contributed by atoms with Crippen LogP contribution in [-0.4, -0.2) is 31.6 Å². The number of carboxylic acid groups (broad SMARTS) is 1. The van der Waals surface area contributed by atoms with Crippen LogP contribution in [0.4, 0.5) is 0 Å². The van der Waals surface area contributed by atoms with Crippen molar-refractivity contribution in [3.8, 4) is 17.2 Å². The largest absolute Gasteiger partial charge is 0.496 e. The van der Waals surface area contributed by atoms with Gasteiger partial charge in [-0.15, -0.1) is 0 Å². The van der Waals surface area contributed by atoms with E-state index in [4.69, 9.17) is 18.9 Å². The van der Waals surface area contributed by atoms with Crippen molar-refractivity contribution in [1.29, 1.82) is 0 Å². The SMILES string of the molecule is COc1cc(OC)c2c(c1)OC(C(=O)O)OC2(C1CCCCC1)C1CCCCC1. The molecule has 2 fully saturated rings. The fraction of sp³-hybridized carbons (Fsp3) is 0.696. The summed E-state index contributed by atoms with van der Waals surface area (Å²) in [6, 6.07) is 3.66.